The normalized spacial score (nSPS) is 26.6. The zero-order chi connectivity index (χ0) is 19.8. The number of aliphatic imine (C=N–C) groups is 1. The second kappa shape index (κ2) is 7.66. The second-order valence-electron chi connectivity index (χ2n) is 6.93. The Hall–Kier alpha value is -1.22. The van der Waals surface area contributed by atoms with Crippen molar-refractivity contribution < 1.29 is 22.7 Å². The number of nitrogens with zero attached hydrogens (tertiary/aromatic N) is 2. The molecule has 0 radical (unpaired) electrons. The molecule has 0 aromatic heterocycles. The molecule has 1 heterocycles. The van der Waals surface area contributed by atoms with Gasteiger partial charge in [-0.1, -0.05) is 27.7 Å². The maximum Gasteiger partial charge on any atom is 0.391 e. The molecule has 2 unspecified atom stereocenters. The first kappa shape index (κ1) is 20.5. The Morgan fingerprint density at radius 1 is 1.41 bits per heavy atom. The van der Waals surface area contributed by atoms with Crippen LogP contribution in [0.25, 0.3) is 0 Å². The van der Waals surface area contributed by atoms with Crippen molar-refractivity contribution in [3.63, 3.8) is 0 Å². The molecule has 1 aliphatic heterocycles. The molecule has 2 aliphatic rings. The highest BCUT2D eigenvalue weighted by Gasteiger charge is 2.49. The van der Waals surface area contributed by atoms with Crippen molar-refractivity contribution in [3.8, 4) is 5.75 Å². The van der Waals surface area contributed by atoms with Gasteiger partial charge in [0, 0.05) is 17.9 Å². The quantitative estimate of drug-likeness (QED) is 0.534. The van der Waals surface area contributed by atoms with Crippen LogP contribution in [0, 0.1) is 5.92 Å². The predicted molar refractivity (Wildman–Crippen MR) is 103 cm³/mol. The van der Waals surface area contributed by atoms with Gasteiger partial charge in [-0.15, -0.1) is 0 Å². The number of benzene rings is 1. The van der Waals surface area contributed by atoms with E-state index in [0.29, 0.717) is 33.8 Å². The van der Waals surface area contributed by atoms with E-state index in [0.717, 1.165) is 0 Å². The molecule has 0 bridgehead atoms. The molecule has 1 aliphatic carbocycles. The number of ether oxygens (including phenoxy) is 1. The average Bonchev–Trinajstić information content (AvgIpc) is 2.65. The van der Waals surface area contributed by atoms with Crippen molar-refractivity contribution in [2.45, 2.75) is 37.5 Å². The van der Waals surface area contributed by atoms with Crippen LogP contribution in [0.4, 0.5) is 13.2 Å². The van der Waals surface area contributed by atoms with Crippen molar-refractivity contribution in [2.75, 3.05) is 19.8 Å². The standard InChI is InChI=1S/C18H20BrF3N2O2S/c1-24-15(25)13-8-12(19)5-6-14(13)26-17(10-23-16(24)27-2)7-3-4-11(9-17)18(20,21)22/h5-6,8,11H,3-4,7,9-10H2,1-2H3. The average molecular weight is 465 g/mol. The van der Waals surface area contributed by atoms with Gasteiger partial charge in [-0.25, -0.2) is 0 Å². The summed E-state index contributed by atoms with van der Waals surface area (Å²) >= 11 is 4.63. The lowest BCUT2D eigenvalue weighted by molar-refractivity contribution is -0.196. The van der Waals surface area contributed by atoms with Crippen LogP contribution in [0.2, 0.25) is 0 Å². The monoisotopic (exact) mass is 464 g/mol. The van der Waals surface area contributed by atoms with Crippen LogP contribution in [-0.4, -0.2) is 47.6 Å². The summed E-state index contributed by atoms with van der Waals surface area (Å²) in [6.07, 6.45) is -1.66. The molecule has 1 aromatic rings. The number of hydrogen-bond donors (Lipinski definition) is 0. The summed E-state index contributed by atoms with van der Waals surface area (Å²) < 4.78 is 47.0. The van der Waals surface area contributed by atoms with E-state index in [1.807, 2.05) is 0 Å². The minimum Gasteiger partial charge on any atom is -0.484 e. The van der Waals surface area contributed by atoms with Gasteiger partial charge in [0.05, 0.1) is 18.0 Å². The largest absolute Gasteiger partial charge is 0.484 e. The van der Waals surface area contributed by atoms with Gasteiger partial charge in [0.25, 0.3) is 5.91 Å². The molecule has 1 saturated carbocycles. The number of carbonyl (C=O) groups excluding carboxylic acids is 1. The number of rotatable bonds is 0. The minimum absolute atomic E-state index is 0.0862. The summed E-state index contributed by atoms with van der Waals surface area (Å²) in [5.74, 6) is -1.43. The smallest absolute Gasteiger partial charge is 0.391 e. The highest BCUT2D eigenvalue weighted by atomic mass is 79.9. The van der Waals surface area contributed by atoms with E-state index in [2.05, 4.69) is 20.9 Å². The zero-order valence-electron chi connectivity index (χ0n) is 15.0. The van der Waals surface area contributed by atoms with Crippen molar-refractivity contribution in [3.05, 3.63) is 28.2 Å². The molecule has 9 heteroatoms. The van der Waals surface area contributed by atoms with Gasteiger partial charge in [0.1, 0.15) is 11.4 Å². The molecule has 0 saturated heterocycles. The SMILES string of the molecule is CSC1=NCC2(CCCC(C(F)(F)F)C2)Oc2ccc(Br)cc2C(=O)N1C. The number of amides is 1. The zero-order valence-corrected chi connectivity index (χ0v) is 17.4. The van der Waals surface area contributed by atoms with E-state index < -0.39 is 17.7 Å². The van der Waals surface area contributed by atoms with Crippen LogP contribution in [0.1, 0.15) is 36.0 Å². The van der Waals surface area contributed by atoms with Crippen molar-refractivity contribution in [1.82, 2.24) is 4.90 Å². The van der Waals surface area contributed by atoms with E-state index >= 15 is 0 Å². The molecule has 4 nitrogen and oxygen atoms in total. The van der Waals surface area contributed by atoms with Gasteiger partial charge < -0.3 is 4.74 Å². The lowest BCUT2D eigenvalue weighted by atomic mass is 9.77. The fourth-order valence-corrected chi connectivity index (χ4v) is 4.56. The summed E-state index contributed by atoms with van der Waals surface area (Å²) in [4.78, 5) is 18.8. The Bertz CT molecular complexity index is 771. The van der Waals surface area contributed by atoms with Gasteiger partial charge in [-0.3, -0.25) is 14.7 Å². The van der Waals surface area contributed by atoms with E-state index in [1.54, 1.807) is 31.5 Å². The Labute approximate surface area is 168 Å². The summed E-state index contributed by atoms with van der Waals surface area (Å²) in [6, 6.07) is 4.99. The van der Waals surface area contributed by atoms with E-state index in [1.165, 1.54) is 16.7 Å². The molecule has 1 amide bonds. The summed E-state index contributed by atoms with van der Waals surface area (Å²) in [5.41, 5.74) is -0.767. The van der Waals surface area contributed by atoms with E-state index in [9.17, 15) is 18.0 Å². The first-order chi connectivity index (χ1) is 12.6. The van der Waals surface area contributed by atoms with Gasteiger partial charge in [0.2, 0.25) is 0 Å². The van der Waals surface area contributed by atoms with Crippen LogP contribution in [0.15, 0.2) is 27.7 Å². The van der Waals surface area contributed by atoms with Crippen molar-refractivity contribution in [1.29, 1.82) is 0 Å². The summed E-state index contributed by atoms with van der Waals surface area (Å²) in [6.45, 7) is 0.0862. The number of carbonyl (C=O) groups is 1. The van der Waals surface area contributed by atoms with Crippen molar-refractivity contribution >= 4 is 38.8 Å². The number of halogens is 4. The fraction of sp³-hybridized carbons (Fsp3) is 0.556. The number of alkyl halides is 3. The lowest BCUT2D eigenvalue weighted by Crippen LogP contribution is -2.47. The fourth-order valence-electron chi connectivity index (χ4n) is 3.65. The predicted octanol–water partition coefficient (Wildman–Crippen LogP) is 5.12. The number of fused-ring (bicyclic) bond motifs is 1. The number of thioether (sulfide) groups is 1. The highest BCUT2D eigenvalue weighted by Crippen LogP contribution is 2.45. The first-order valence-corrected chi connectivity index (χ1v) is 10.6. The molecule has 27 heavy (non-hydrogen) atoms. The van der Waals surface area contributed by atoms with E-state index in [-0.39, 0.29) is 25.3 Å². The Morgan fingerprint density at radius 2 is 2.15 bits per heavy atom. The Morgan fingerprint density at radius 3 is 2.81 bits per heavy atom. The molecular formula is C18H20BrF3N2O2S. The van der Waals surface area contributed by atoms with Crippen LogP contribution < -0.4 is 4.74 Å². The highest BCUT2D eigenvalue weighted by molar-refractivity contribution is 9.10. The minimum atomic E-state index is -4.27. The third kappa shape index (κ3) is 4.29. The summed E-state index contributed by atoms with van der Waals surface area (Å²) in [7, 11) is 1.61. The van der Waals surface area contributed by atoms with Crippen LogP contribution in [-0.2, 0) is 0 Å². The third-order valence-electron chi connectivity index (χ3n) is 5.04. The van der Waals surface area contributed by atoms with E-state index in [4.69, 9.17) is 4.74 Å². The lowest BCUT2D eigenvalue weighted by Gasteiger charge is -2.40. The van der Waals surface area contributed by atoms with Gasteiger partial charge in [0.15, 0.2) is 5.17 Å². The molecular weight excluding hydrogens is 445 g/mol. The molecule has 1 spiro atoms. The van der Waals surface area contributed by atoms with Crippen LogP contribution >= 0.6 is 27.7 Å². The number of hydrogen-bond acceptors (Lipinski definition) is 4. The topological polar surface area (TPSA) is 41.9 Å². The molecule has 148 valence electrons. The third-order valence-corrected chi connectivity index (χ3v) is 6.30. The second-order valence-corrected chi connectivity index (χ2v) is 8.62. The molecule has 1 fully saturated rings. The molecule has 2 atom stereocenters. The maximum absolute atomic E-state index is 13.4. The molecule has 3 rings (SSSR count). The number of amidine groups is 1. The van der Waals surface area contributed by atoms with Crippen LogP contribution in [0.3, 0.4) is 0 Å². The van der Waals surface area contributed by atoms with Gasteiger partial charge in [-0.05, 0) is 43.7 Å². The molecule has 1 aromatic carbocycles. The maximum atomic E-state index is 13.4. The Kier molecular flexibility index (Phi) is 5.82. The summed E-state index contributed by atoms with van der Waals surface area (Å²) in [5, 5.41) is 0.463. The van der Waals surface area contributed by atoms with Crippen LogP contribution in [0.5, 0.6) is 5.75 Å². The van der Waals surface area contributed by atoms with Gasteiger partial charge in [-0.2, -0.15) is 13.2 Å². The Balaban J connectivity index is 2.08. The van der Waals surface area contributed by atoms with Crippen molar-refractivity contribution in [2.24, 2.45) is 10.9 Å². The van der Waals surface area contributed by atoms with Gasteiger partial charge >= 0.3 is 6.18 Å². The molecule has 0 N–H and O–H groups in total. The first-order valence-electron chi connectivity index (χ1n) is 8.57.